The quantitative estimate of drug-likeness (QED) is 0.926. The third-order valence-electron chi connectivity index (χ3n) is 1.79. The normalized spacial score (nSPS) is 11.2. The number of carbonyl (C=O) groups excluding carboxylic acids is 1. The molecule has 0 atom stereocenters. The molecule has 1 aromatic rings. The summed E-state index contributed by atoms with van der Waals surface area (Å²) >= 11 is 3.19. The Balaban J connectivity index is 2.43. The van der Waals surface area contributed by atoms with Crippen molar-refractivity contribution in [3.63, 3.8) is 0 Å². The Bertz CT molecular complexity index is 362. The smallest absolute Gasteiger partial charge is 0.245 e. The Kier molecular flexibility index (Phi) is 4.35. The highest BCUT2D eigenvalue weighted by molar-refractivity contribution is 9.10. The van der Waals surface area contributed by atoms with Crippen molar-refractivity contribution in [3.05, 3.63) is 22.8 Å². The summed E-state index contributed by atoms with van der Waals surface area (Å²) in [6.45, 7) is 0.790. The fraction of sp³-hybridized carbons (Fsp3) is 0.400. The topological polar surface area (TPSA) is 42.0 Å². The van der Waals surface area contributed by atoms with Crippen LogP contribution in [-0.2, 0) is 4.79 Å². The predicted octanol–water partition coefficient (Wildman–Crippen LogP) is 3.22. The molecule has 0 aliphatic carbocycles. The molecule has 0 aliphatic heterocycles. The predicted molar refractivity (Wildman–Crippen MR) is 60.4 cm³/mol. The average Bonchev–Trinajstić information content (AvgIpc) is 2.18. The summed E-state index contributed by atoms with van der Waals surface area (Å²) < 4.78 is 25.7. The standard InChI is InChI=1S/C10H11BrF2N2O/c1-10(12,13)5-4-9(16)15-8-3-2-7(11)6-14-8/h2-3,6H,4-5H2,1H3,(H,14,15,16). The van der Waals surface area contributed by atoms with E-state index < -0.39 is 18.3 Å². The van der Waals surface area contributed by atoms with Crippen LogP contribution in [0.3, 0.4) is 0 Å². The van der Waals surface area contributed by atoms with Gasteiger partial charge in [0.2, 0.25) is 11.8 Å². The van der Waals surface area contributed by atoms with Crippen LogP contribution in [0.15, 0.2) is 22.8 Å². The molecule has 1 aromatic heterocycles. The summed E-state index contributed by atoms with van der Waals surface area (Å²) in [6.07, 6.45) is 0.834. The number of nitrogens with zero attached hydrogens (tertiary/aromatic N) is 1. The van der Waals surface area contributed by atoms with Gasteiger partial charge in [-0.15, -0.1) is 0 Å². The van der Waals surface area contributed by atoms with Crippen molar-refractivity contribution in [2.75, 3.05) is 5.32 Å². The fourth-order valence-electron chi connectivity index (χ4n) is 0.988. The highest BCUT2D eigenvalue weighted by Crippen LogP contribution is 2.19. The summed E-state index contributed by atoms with van der Waals surface area (Å²) in [7, 11) is 0. The number of hydrogen-bond donors (Lipinski definition) is 1. The Labute approximate surface area is 100 Å². The number of anilines is 1. The molecule has 0 spiro atoms. The van der Waals surface area contributed by atoms with E-state index in [1.165, 1.54) is 6.20 Å². The van der Waals surface area contributed by atoms with E-state index in [1.54, 1.807) is 12.1 Å². The number of rotatable bonds is 4. The van der Waals surface area contributed by atoms with E-state index in [9.17, 15) is 13.6 Å². The molecular weight excluding hydrogens is 282 g/mol. The van der Waals surface area contributed by atoms with Crippen LogP contribution in [0, 0.1) is 0 Å². The first-order valence-electron chi connectivity index (χ1n) is 4.66. The van der Waals surface area contributed by atoms with Crippen LogP contribution < -0.4 is 5.32 Å². The lowest BCUT2D eigenvalue weighted by molar-refractivity contribution is -0.118. The summed E-state index contributed by atoms with van der Waals surface area (Å²) in [5, 5.41) is 2.44. The second-order valence-corrected chi connectivity index (χ2v) is 4.40. The van der Waals surface area contributed by atoms with Crippen LogP contribution in [0.1, 0.15) is 19.8 Å². The molecule has 0 fully saturated rings. The highest BCUT2D eigenvalue weighted by Gasteiger charge is 2.22. The van der Waals surface area contributed by atoms with Crippen LogP contribution in [0.4, 0.5) is 14.6 Å². The van der Waals surface area contributed by atoms with Crippen molar-refractivity contribution in [1.29, 1.82) is 0 Å². The van der Waals surface area contributed by atoms with Crippen LogP contribution in [0.5, 0.6) is 0 Å². The largest absolute Gasteiger partial charge is 0.311 e. The first-order valence-corrected chi connectivity index (χ1v) is 5.45. The maximum absolute atomic E-state index is 12.5. The van der Waals surface area contributed by atoms with E-state index in [0.717, 1.165) is 11.4 Å². The lowest BCUT2D eigenvalue weighted by atomic mass is 10.2. The van der Waals surface area contributed by atoms with Crippen molar-refractivity contribution in [1.82, 2.24) is 4.98 Å². The summed E-state index contributed by atoms with van der Waals surface area (Å²) in [5.41, 5.74) is 0. The fourth-order valence-corrected chi connectivity index (χ4v) is 1.22. The number of nitrogens with one attached hydrogen (secondary N) is 1. The zero-order valence-corrected chi connectivity index (χ0v) is 10.2. The first kappa shape index (κ1) is 13.0. The summed E-state index contributed by atoms with van der Waals surface area (Å²) in [6, 6.07) is 3.29. The zero-order chi connectivity index (χ0) is 12.2. The van der Waals surface area contributed by atoms with Gasteiger partial charge < -0.3 is 5.32 Å². The van der Waals surface area contributed by atoms with Gasteiger partial charge in [0.15, 0.2) is 0 Å². The summed E-state index contributed by atoms with van der Waals surface area (Å²) in [5.74, 6) is -2.92. The average molecular weight is 293 g/mol. The third kappa shape index (κ3) is 5.16. The minimum absolute atomic E-state index is 0.221. The van der Waals surface area contributed by atoms with Crippen LogP contribution in [0.25, 0.3) is 0 Å². The molecule has 0 aromatic carbocycles. The van der Waals surface area contributed by atoms with E-state index in [1.807, 2.05) is 0 Å². The van der Waals surface area contributed by atoms with Gasteiger partial charge in [-0.25, -0.2) is 13.8 Å². The molecule has 1 N–H and O–H groups in total. The maximum Gasteiger partial charge on any atom is 0.245 e. The van der Waals surface area contributed by atoms with E-state index in [4.69, 9.17) is 0 Å². The maximum atomic E-state index is 12.5. The van der Waals surface area contributed by atoms with Crippen molar-refractivity contribution >= 4 is 27.7 Å². The minimum Gasteiger partial charge on any atom is -0.311 e. The molecule has 0 saturated heterocycles. The molecule has 1 amide bonds. The van der Waals surface area contributed by atoms with E-state index in [-0.39, 0.29) is 6.42 Å². The Hall–Kier alpha value is -1.04. The van der Waals surface area contributed by atoms with Gasteiger partial charge in [-0.1, -0.05) is 0 Å². The van der Waals surface area contributed by atoms with E-state index in [0.29, 0.717) is 5.82 Å². The van der Waals surface area contributed by atoms with Crippen molar-refractivity contribution < 1.29 is 13.6 Å². The molecule has 1 rings (SSSR count). The van der Waals surface area contributed by atoms with Gasteiger partial charge in [0.05, 0.1) is 0 Å². The molecule has 0 saturated carbocycles. The number of aromatic nitrogens is 1. The number of alkyl halides is 2. The molecule has 0 bridgehead atoms. The molecule has 6 heteroatoms. The molecule has 3 nitrogen and oxygen atoms in total. The molecule has 1 heterocycles. The Morgan fingerprint density at radius 1 is 1.56 bits per heavy atom. The SMILES string of the molecule is CC(F)(F)CCC(=O)Nc1ccc(Br)cn1. The van der Waals surface area contributed by atoms with Gasteiger partial charge in [0.25, 0.3) is 0 Å². The first-order chi connectivity index (χ1) is 7.37. The highest BCUT2D eigenvalue weighted by atomic mass is 79.9. The Morgan fingerprint density at radius 2 is 2.25 bits per heavy atom. The third-order valence-corrected chi connectivity index (χ3v) is 2.26. The van der Waals surface area contributed by atoms with E-state index in [2.05, 4.69) is 26.2 Å². The number of carbonyl (C=O) groups is 1. The number of amides is 1. The zero-order valence-electron chi connectivity index (χ0n) is 8.64. The van der Waals surface area contributed by atoms with Crippen LogP contribution >= 0.6 is 15.9 Å². The van der Waals surface area contributed by atoms with Gasteiger partial charge >= 0.3 is 0 Å². The molecule has 0 aliphatic rings. The summed E-state index contributed by atoms with van der Waals surface area (Å²) in [4.78, 5) is 15.1. The minimum atomic E-state index is -2.81. The second-order valence-electron chi connectivity index (χ2n) is 3.48. The second kappa shape index (κ2) is 5.34. The molecule has 0 unspecified atom stereocenters. The van der Waals surface area contributed by atoms with E-state index >= 15 is 0 Å². The number of pyridine rings is 1. The molecule has 88 valence electrons. The van der Waals surface area contributed by atoms with Crippen LogP contribution in [-0.4, -0.2) is 16.8 Å². The number of halogens is 3. The van der Waals surface area contributed by atoms with Crippen LogP contribution in [0.2, 0.25) is 0 Å². The number of hydrogen-bond acceptors (Lipinski definition) is 2. The van der Waals surface area contributed by atoms with Gasteiger partial charge in [-0.2, -0.15) is 0 Å². The van der Waals surface area contributed by atoms with Gasteiger partial charge in [0, 0.05) is 23.5 Å². The van der Waals surface area contributed by atoms with Crippen molar-refractivity contribution in [2.24, 2.45) is 0 Å². The lowest BCUT2D eigenvalue weighted by Crippen LogP contribution is -2.17. The lowest BCUT2D eigenvalue weighted by Gasteiger charge is -2.09. The Morgan fingerprint density at radius 3 is 2.75 bits per heavy atom. The molecule has 16 heavy (non-hydrogen) atoms. The van der Waals surface area contributed by atoms with Crippen molar-refractivity contribution in [3.8, 4) is 0 Å². The van der Waals surface area contributed by atoms with Gasteiger partial charge in [-0.3, -0.25) is 4.79 Å². The van der Waals surface area contributed by atoms with Gasteiger partial charge in [0.1, 0.15) is 5.82 Å². The van der Waals surface area contributed by atoms with Crippen molar-refractivity contribution in [2.45, 2.75) is 25.7 Å². The molecule has 0 radical (unpaired) electrons. The monoisotopic (exact) mass is 292 g/mol. The molecular formula is C10H11BrF2N2O. The van der Waals surface area contributed by atoms with Gasteiger partial charge in [-0.05, 0) is 35.0 Å².